The van der Waals surface area contributed by atoms with Crippen LogP contribution < -0.4 is 4.74 Å². The summed E-state index contributed by atoms with van der Waals surface area (Å²) in [5, 5.41) is 0.520. The molecule has 16 heavy (non-hydrogen) atoms. The molecule has 0 amide bonds. The minimum absolute atomic E-state index is 0.101. The number of Topliss-reactive ketones (excluding diaryl/α,β-unsaturated/α-hetero) is 1. The van der Waals surface area contributed by atoms with E-state index >= 15 is 0 Å². The lowest BCUT2D eigenvalue weighted by atomic mass is 10.1. The lowest BCUT2D eigenvalue weighted by Crippen LogP contribution is -2.16. The number of nitrogens with zero attached hydrogens (tertiary/aromatic N) is 1. The number of carbonyl (C=O) groups is 1. The van der Waals surface area contributed by atoms with Crippen LogP contribution >= 0.6 is 11.6 Å². The van der Waals surface area contributed by atoms with Crippen LogP contribution in [0.1, 0.15) is 16.8 Å². The van der Waals surface area contributed by atoms with Gasteiger partial charge in [0.1, 0.15) is 5.75 Å². The fourth-order valence-corrected chi connectivity index (χ4v) is 1.50. The summed E-state index contributed by atoms with van der Waals surface area (Å²) in [5.74, 6) is 0.640. The number of rotatable bonds is 5. The summed E-state index contributed by atoms with van der Waals surface area (Å²) in [7, 11) is 5.42. The highest BCUT2D eigenvalue weighted by Gasteiger charge is 2.09. The van der Waals surface area contributed by atoms with Gasteiger partial charge in [-0.25, -0.2) is 0 Å². The Hall–Kier alpha value is -1.06. The van der Waals surface area contributed by atoms with Gasteiger partial charge in [0.15, 0.2) is 5.78 Å². The van der Waals surface area contributed by atoms with Crippen molar-refractivity contribution in [2.45, 2.75) is 6.42 Å². The van der Waals surface area contributed by atoms with Crippen LogP contribution in [-0.2, 0) is 0 Å². The summed E-state index contributed by atoms with van der Waals surface area (Å²) in [6.45, 7) is 0.740. The largest absolute Gasteiger partial charge is 0.495 e. The molecule has 0 N–H and O–H groups in total. The molecule has 1 aromatic carbocycles. The summed E-state index contributed by atoms with van der Waals surface area (Å²) in [4.78, 5) is 13.8. The molecule has 0 bridgehead atoms. The van der Waals surface area contributed by atoms with Gasteiger partial charge in [0.2, 0.25) is 0 Å². The molecule has 1 aromatic rings. The lowest BCUT2D eigenvalue weighted by Gasteiger charge is -2.09. The maximum absolute atomic E-state index is 11.8. The lowest BCUT2D eigenvalue weighted by molar-refractivity contribution is 0.0972. The van der Waals surface area contributed by atoms with E-state index in [9.17, 15) is 4.79 Å². The van der Waals surface area contributed by atoms with Gasteiger partial charge in [-0.3, -0.25) is 4.79 Å². The van der Waals surface area contributed by atoms with Crippen LogP contribution in [0.25, 0.3) is 0 Å². The molecule has 88 valence electrons. The van der Waals surface area contributed by atoms with Crippen LogP contribution in [0.4, 0.5) is 0 Å². The molecule has 0 spiro atoms. The zero-order valence-electron chi connectivity index (χ0n) is 9.79. The molecule has 0 fully saturated rings. The Bertz CT molecular complexity index is 377. The van der Waals surface area contributed by atoms with E-state index in [0.717, 1.165) is 6.54 Å². The number of carbonyl (C=O) groups excluding carboxylic acids is 1. The van der Waals surface area contributed by atoms with Crippen LogP contribution in [0.2, 0.25) is 5.02 Å². The Morgan fingerprint density at radius 3 is 2.69 bits per heavy atom. The molecule has 0 aliphatic rings. The number of ether oxygens (including phenoxy) is 1. The molecular weight excluding hydrogens is 226 g/mol. The first kappa shape index (κ1) is 13.0. The van der Waals surface area contributed by atoms with Crippen molar-refractivity contribution in [3.05, 3.63) is 28.8 Å². The third kappa shape index (κ3) is 3.51. The monoisotopic (exact) mass is 241 g/mol. The van der Waals surface area contributed by atoms with Crippen molar-refractivity contribution in [1.29, 1.82) is 0 Å². The van der Waals surface area contributed by atoms with Crippen LogP contribution in [-0.4, -0.2) is 38.4 Å². The van der Waals surface area contributed by atoms with E-state index in [-0.39, 0.29) is 5.78 Å². The standard InChI is InChI=1S/C12H16ClNO2/c1-14(2)7-6-11(15)9-4-5-10(13)12(8-9)16-3/h4-5,8H,6-7H2,1-3H3. The van der Waals surface area contributed by atoms with Crippen molar-refractivity contribution in [3.63, 3.8) is 0 Å². The summed E-state index contributed by atoms with van der Waals surface area (Å²) >= 11 is 5.88. The van der Waals surface area contributed by atoms with E-state index in [1.165, 1.54) is 7.11 Å². The highest BCUT2D eigenvalue weighted by atomic mass is 35.5. The number of methoxy groups -OCH3 is 1. The molecule has 0 aromatic heterocycles. The van der Waals surface area contributed by atoms with E-state index < -0.39 is 0 Å². The zero-order valence-corrected chi connectivity index (χ0v) is 10.5. The molecule has 0 aliphatic heterocycles. The Morgan fingerprint density at radius 2 is 2.12 bits per heavy atom. The SMILES string of the molecule is COc1cc(C(=O)CCN(C)C)ccc1Cl. The molecule has 0 saturated carbocycles. The number of benzene rings is 1. The zero-order chi connectivity index (χ0) is 12.1. The second-order valence-electron chi connectivity index (χ2n) is 3.83. The summed E-state index contributed by atoms with van der Waals surface area (Å²) < 4.78 is 5.07. The Morgan fingerprint density at radius 1 is 1.44 bits per heavy atom. The van der Waals surface area contributed by atoms with Gasteiger partial charge in [-0.05, 0) is 32.3 Å². The van der Waals surface area contributed by atoms with E-state index in [1.54, 1.807) is 18.2 Å². The fraction of sp³-hybridized carbons (Fsp3) is 0.417. The third-order valence-electron chi connectivity index (χ3n) is 2.26. The minimum atomic E-state index is 0.101. The molecule has 0 aliphatic carbocycles. The smallest absolute Gasteiger partial charge is 0.164 e. The molecule has 4 heteroatoms. The molecule has 0 unspecified atom stereocenters. The van der Waals surface area contributed by atoms with Gasteiger partial charge in [0.05, 0.1) is 12.1 Å². The minimum Gasteiger partial charge on any atom is -0.495 e. The normalized spacial score (nSPS) is 10.6. The first-order valence-electron chi connectivity index (χ1n) is 5.06. The van der Waals surface area contributed by atoms with Crippen molar-refractivity contribution in [2.75, 3.05) is 27.7 Å². The van der Waals surface area contributed by atoms with Crippen LogP contribution in [0.5, 0.6) is 5.75 Å². The number of hydrogen-bond donors (Lipinski definition) is 0. The first-order valence-corrected chi connectivity index (χ1v) is 5.44. The highest BCUT2D eigenvalue weighted by molar-refractivity contribution is 6.32. The van der Waals surface area contributed by atoms with Gasteiger partial charge in [0, 0.05) is 18.5 Å². The van der Waals surface area contributed by atoms with E-state index in [4.69, 9.17) is 16.3 Å². The van der Waals surface area contributed by atoms with Crippen molar-refractivity contribution < 1.29 is 9.53 Å². The Balaban J connectivity index is 2.76. The molecule has 0 radical (unpaired) electrons. The predicted octanol–water partition coefficient (Wildman–Crippen LogP) is 2.48. The van der Waals surface area contributed by atoms with Crippen LogP contribution in [0.15, 0.2) is 18.2 Å². The Labute approximate surface area is 101 Å². The van der Waals surface area contributed by atoms with E-state index in [1.807, 2.05) is 19.0 Å². The fourth-order valence-electron chi connectivity index (χ4n) is 1.30. The van der Waals surface area contributed by atoms with Crippen molar-refractivity contribution in [3.8, 4) is 5.75 Å². The summed E-state index contributed by atoms with van der Waals surface area (Å²) in [6.07, 6.45) is 0.498. The van der Waals surface area contributed by atoms with Gasteiger partial charge in [-0.2, -0.15) is 0 Å². The van der Waals surface area contributed by atoms with Gasteiger partial charge in [-0.1, -0.05) is 11.6 Å². The van der Waals surface area contributed by atoms with E-state index in [0.29, 0.717) is 22.8 Å². The topological polar surface area (TPSA) is 29.5 Å². The van der Waals surface area contributed by atoms with Gasteiger partial charge in [0.25, 0.3) is 0 Å². The quantitative estimate of drug-likeness (QED) is 0.742. The van der Waals surface area contributed by atoms with Crippen molar-refractivity contribution in [2.24, 2.45) is 0 Å². The molecular formula is C12H16ClNO2. The molecule has 0 saturated heterocycles. The summed E-state index contributed by atoms with van der Waals surface area (Å²) in [5.41, 5.74) is 0.642. The molecule has 1 rings (SSSR count). The third-order valence-corrected chi connectivity index (χ3v) is 2.57. The second kappa shape index (κ2) is 5.87. The van der Waals surface area contributed by atoms with Gasteiger partial charge in [-0.15, -0.1) is 0 Å². The molecule has 3 nitrogen and oxygen atoms in total. The number of hydrogen-bond acceptors (Lipinski definition) is 3. The molecule has 0 heterocycles. The maximum Gasteiger partial charge on any atom is 0.164 e. The Kier molecular flexibility index (Phi) is 4.77. The average Bonchev–Trinajstić information content (AvgIpc) is 2.26. The predicted molar refractivity (Wildman–Crippen MR) is 65.5 cm³/mol. The molecule has 0 atom stereocenters. The van der Waals surface area contributed by atoms with E-state index in [2.05, 4.69) is 0 Å². The maximum atomic E-state index is 11.8. The van der Waals surface area contributed by atoms with Crippen molar-refractivity contribution in [1.82, 2.24) is 4.90 Å². The highest BCUT2D eigenvalue weighted by Crippen LogP contribution is 2.25. The van der Waals surface area contributed by atoms with Crippen molar-refractivity contribution >= 4 is 17.4 Å². The number of halogens is 1. The average molecular weight is 242 g/mol. The summed E-state index contributed by atoms with van der Waals surface area (Å²) in [6, 6.07) is 5.09. The van der Waals surface area contributed by atoms with Gasteiger partial charge < -0.3 is 9.64 Å². The van der Waals surface area contributed by atoms with Gasteiger partial charge >= 0.3 is 0 Å². The van der Waals surface area contributed by atoms with Crippen LogP contribution in [0.3, 0.4) is 0 Å². The van der Waals surface area contributed by atoms with Crippen LogP contribution in [0, 0.1) is 0 Å². The second-order valence-corrected chi connectivity index (χ2v) is 4.23. The number of ketones is 1. The first-order chi connectivity index (χ1) is 7.54.